The average molecular weight is 342 g/mol. The van der Waals surface area contributed by atoms with Gasteiger partial charge in [-0.25, -0.2) is 0 Å². The second kappa shape index (κ2) is 8.13. The summed E-state index contributed by atoms with van der Waals surface area (Å²) < 4.78 is 0. The number of allylic oxidation sites excluding steroid dienone is 5. The highest BCUT2D eigenvalue weighted by Gasteiger charge is 2.41. The van der Waals surface area contributed by atoms with E-state index in [0.29, 0.717) is 5.54 Å². The van der Waals surface area contributed by atoms with Gasteiger partial charge < -0.3 is 4.98 Å². The van der Waals surface area contributed by atoms with Gasteiger partial charge in [-0.1, -0.05) is 67.7 Å². The number of hydrogen-bond acceptors (Lipinski definition) is 1. The molecule has 0 bridgehead atoms. The molecule has 24 heavy (non-hydrogen) atoms. The Morgan fingerprint density at radius 1 is 1.12 bits per heavy atom. The number of nitrogens with one attached hydrogen (secondary N) is 1. The highest BCUT2D eigenvalue weighted by molar-refractivity contribution is 6.77. The van der Waals surface area contributed by atoms with Crippen molar-refractivity contribution in [3.8, 4) is 0 Å². The standard InChI is InChI=1S/C17H27NSi.C5H8/c1-12-13(2)16(15-11-9-8-10-14(12)15)19(6,7)18-17(3,4)5;1-3-5-4-2/h8-11,16,18H,1-7H3;3-5H,1H2,2H3. The Labute approximate surface area is 150 Å². The molecular formula is C22H35NSi. The Balaban J connectivity index is 0.000000505. The van der Waals surface area contributed by atoms with Crippen molar-refractivity contribution in [2.24, 2.45) is 0 Å². The zero-order chi connectivity index (χ0) is 18.5. The second-order valence-electron chi connectivity index (χ2n) is 8.19. The van der Waals surface area contributed by atoms with E-state index < -0.39 is 8.24 Å². The van der Waals surface area contributed by atoms with Crippen LogP contribution in [0.1, 0.15) is 58.2 Å². The van der Waals surface area contributed by atoms with Crippen LogP contribution in [0.4, 0.5) is 0 Å². The Morgan fingerprint density at radius 3 is 2.17 bits per heavy atom. The van der Waals surface area contributed by atoms with Crippen LogP contribution >= 0.6 is 0 Å². The molecule has 0 radical (unpaired) electrons. The monoisotopic (exact) mass is 341 g/mol. The topological polar surface area (TPSA) is 12.0 Å². The number of rotatable bonds is 3. The molecule has 0 saturated carbocycles. The summed E-state index contributed by atoms with van der Waals surface area (Å²) in [6, 6.07) is 8.93. The van der Waals surface area contributed by atoms with Crippen LogP contribution in [-0.2, 0) is 0 Å². The fourth-order valence-corrected chi connectivity index (χ4v) is 8.26. The Kier molecular flexibility index (Phi) is 7.00. The molecule has 1 nitrogen and oxygen atoms in total. The lowest BCUT2D eigenvalue weighted by molar-refractivity contribution is 0.508. The summed E-state index contributed by atoms with van der Waals surface area (Å²) in [7, 11) is -1.57. The summed E-state index contributed by atoms with van der Waals surface area (Å²) in [5, 5.41) is 0. The lowest BCUT2D eigenvalue weighted by Crippen LogP contribution is -2.58. The molecule has 2 heteroatoms. The van der Waals surface area contributed by atoms with Gasteiger partial charge in [-0.15, -0.1) is 0 Å². The van der Waals surface area contributed by atoms with Crippen molar-refractivity contribution < 1.29 is 0 Å². The first-order chi connectivity index (χ1) is 11.0. The zero-order valence-electron chi connectivity index (χ0n) is 16.8. The highest BCUT2D eigenvalue weighted by Crippen LogP contribution is 2.45. The number of fused-ring (bicyclic) bond motifs is 1. The molecule has 0 fully saturated rings. The average Bonchev–Trinajstić information content (AvgIpc) is 2.71. The van der Waals surface area contributed by atoms with E-state index in [1.54, 1.807) is 11.6 Å². The van der Waals surface area contributed by atoms with Crippen LogP contribution in [-0.4, -0.2) is 13.8 Å². The number of hydrogen-bond donors (Lipinski definition) is 1. The quantitative estimate of drug-likeness (QED) is 0.491. The first-order valence-electron chi connectivity index (χ1n) is 8.85. The maximum atomic E-state index is 3.93. The molecule has 0 heterocycles. The van der Waals surface area contributed by atoms with E-state index in [9.17, 15) is 0 Å². The SMILES string of the molecule is C=CC=CC.CC1=C(C)C([Si](C)(C)NC(C)(C)C)c2ccccc21. The minimum absolute atomic E-state index is 0.182. The third-order valence-corrected chi connectivity index (χ3v) is 8.03. The number of benzene rings is 1. The fourth-order valence-electron chi connectivity index (χ4n) is 3.86. The van der Waals surface area contributed by atoms with Crippen molar-refractivity contribution >= 4 is 13.8 Å². The largest absolute Gasteiger partial charge is 0.332 e. The van der Waals surface area contributed by atoms with Crippen molar-refractivity contribution in [3.05, 3.63) is 65.8 Å². The van der Waals surface area contributed by atoms with Crippen molar-refractivity contribution in [3.63, 3.8) is 0 Å². The third-order valence-electron chi connectivity index (χ3n) is 4.45. The van der Waals surface area contributed by atoms with Gasteiger partial charge in [0.05, 0.1) is 0 Å². The zero-order valence-corrected chi connectivity index (χ0v) is 17.8. The van der Waals surface area contributed by atoms with Gasteiger partial charge in [0.25, 0.3) is 0 Å². The lowest BCUT2D eigenvalue weighted by atomic mass is 10.1. The minimum atomic E-state index is -1.57. The molecule has 1 aromatic carbocycles. The fraction of sp³-hybridized carbons (Fsp3) is 0.455. The van der Waals surface area contributed by atoms with Crippen LogP contribution in [0.15, 0.2) is 54.6 Å². The van der Waals surface area contributed by atoms with Crippen LogP contribution in [0.3, 0.4) is 0 Å². The maximum Gasteiger partial charge on any atom is 0.131 e. The summed E-state index contributed by atoms with van der Waals surface area (Å²) in [6.07, 6.45) is 5.58. The molecule has 2 rings (SSSR count). The molecule has 1 aromatic rings. The molecule has 1 N–H and O–H groups in total. The normalized spacial score (nSPS) is 17.6. The molecule has 0 aromatic heterocycles. The molecule has 1 aliphatic rings. The smallest absolute Gasteiger partial charge is 0.131 e. The van der Waals surface area contributed by atoms with Gasteiger partial charge in [0, 0.05) is 11.1 Å². The molecule has 0 saturated heterocycles. The summed E-state index contributed by atoms with van der Waals surface area (Å²) in [6.45, 7) is 21.8. The molecule has 0 spiro atoms. The molecule has 132 valence electrons. The van der Waals surface area contributed by atoms with Gasteiger partial charge in [0.2, 0.25) is 0 Å². The van der Waals surface area contributed by atoms with Gasteiger partial charge in [-0.2, -0.15) is 0 Å². The van der Waals surface area contributed by atoms with Gasteiger partial charge in [-0.05, 0) is 58.2 Å². The summed E-state index contributed by atoms with van der Waals surface area (Å²) >= 11 is 0. The molecule has 0 aliphatic heterocycles. The van der Waals surface area contributed by atoms with Crippen LogP contribution in [0.5, 0.6) is 0 Å². The van der Waals surface area contributed by atoms with E-state index in [1.807, 2.05) is 19.1 Å². The van der Waals surface area contributed by atoms with Crippen LogP contribution in [0.25, 0.3) is 5.57 Å². The van der Waals surface area contributed by atoms with Crippen LogP contribution < -0.4 is 4.98 Å². The predicted octanol–water partition coefficient (Wildman–Crippen LogP) is 6.46. The lowest BCUT2D eigenvalue weighted by Gasteiger charge is -2.39. The van der Waals surface area contributed by atoms with E-state index in [4.69, 9.17) is 0 Å². The summed E-state index contributed by atoms with van der Waals surface area (Å²) in [5.74, 6) is 0. The molecule has 1 unspecified atom stereocenters. The first kappa shape index (κ1) is 20.7. The molecular weight excluding hydrogens is 306 g/mol. The molecule has 1 atom stereocenters. The highest BCUT2D eigenvalue weighted by atomic mass is 28.3. The summed E-state index contributed by atoms with van der Waals surface area (Å²) in [4.78, 5) is 3.93. The minimum Gasteiger partial charge on any atom is -0.332 e. The Morgan fingerprint density at radius 2 is 1.71 bits per heavy atom. The third kappa shape index (κ3) is 5.06. The first-order valence-corrected chi connectivity index (χ1v) is 11.9. The maximum absolute atomic E-state index is 3.93. The Hall–Kier alpha value is -1.38. The second-order valence-corrected chi connectivity index (χ2v) is 12.5. The molecule has 0 amide bonds. The van der Waals surface area contributed by atoms with E-state index in [-0.39, 0.29) is 5.54 Å². The predicted molar refractivity (Wildman–Crippen MR) is 113 cm³/mol. The van der Waals surface area contributed by atoms with Crippen molar-refractivity contribution in [2.75, 3.05) is 0 Å². The van der Waals surface area contributed by atoms with Crippen molar-refractivity contribution in [1.29, 1.82) is 0 Å². The van der Waals surface area contributed by atoms with E-state index in [2.05, 4.69) is 83.5 Å². The van der Waals surface area contributed by atoms with Crippen molar-refractivity contribution in [2.45, 2.75) is 65.7 Å². The van der Waals surface area contributed by atoms with E-state index in [0.717, 1.165) is 0 Å². The van der Waals surface area contributed by atoms with E-state index in [1.165, 1.54) is 16.7 Å². The van der Waals surface area contributed by atoms with Crippen molar-refractivity contribution in [1.82, 2.24) is 4.98 Å². The Bertz CT molecular complexity index is 630. The van der Waals surface area contributed by atoms with Gasteiger partial charge in [-0.3, -0.25) is 0 Å². The van der Waals surface area contributed by atoms with Crippen LogP contribution in [0, 0.1) is 0 Å². The van der Waals surface area contributed by atoms with Gasteiger partial charge in [0.15, 0.2) is 0 Å². The molecule has 1 aliphatic carbocycles. The van der Waals surface area contributed by atoms with E-state index >= 15 is 0 Å². The van der Waals surface area contributed by atoms with Gasteiger partial charge >= 0.3 is 0 Å². The van der Waals surface area contributed by atoms with Gasteiger partial charge in [0.1, 0.15) is 8.24 Å². The van der Waals surface area contributed by atoms with Crippen LogP contribution in [0.2, 0.25) is 13.1 Å². The summed E-state index contributed by atoms with van der Waals surface area (Å²) in [5.41, 5.74) is 6.82.